The van der Waals surface area contributed by atoms with E-state index < -0.39 is 5.25 Å². The summed E-state index contributed by atoms with van der Waals surface area (Å²) in [6.07, 6.45) is 6.14. The summed E-state index contributed by atoms with van der Waals surface area (Å²) in [6.45, 7) is 4.80. The maximum atomic E-state index is 12.7. The Labute approximate surface area is 237 Å². The van der Waals surface area contributed by atoms with Gasteiger partial charge in [-0.05, 0) is 97.3 Å². The van der Waals surface area contributed by atoms with E-state index in [-0.39, 0.29) is 18.2 Å². The molecule has 0 N–H and O–H groups in total. The van der Waals surface area contributed by atoms with Crippen molar-refractivity contribution in [2.24, 2.45) is 5.92 Å². The fraction of sp³-hybridized carbons (Fsp3) is 0.394. The van der Waals surface area contributed by atoms with Gasteiger partial charge in [-0.3, -0.25) is 9.59 Å². The Bertz CT molecular complexity index is 1240. The highest BCUT2D eigenvalue weighted by Gasteiger charge is 2.36. The van der Waals surface area contributed by atoms with Crippen LogP contribution >= 0.6 is 11.8 Å². The van der Waals surface area contributed by atoms with Crippen LogP contribution in [0.4, 0.5) is 0 Å². The zero-order valence-corrected chi connectivity index (χ0v) is 23.9. The molecule has 0 saturated carbocycles. The number of thioether (sulfide) groups is 1. The molecule has 3 aromatic rings. The number of methoxy groups -OCH3 is 1. The summed E-state index contributed by atoms with van der Waals surface area (Å²) in [4.78, 5) is 24.8. The largest absolute Gasteiger partial charge is 0.497 e. The number of aryl methyl sites for hydroxylation is 2. The Balaban J connectivity index is 0.00000441. The Morgan fingerprint density at radius 1 is 0.821 bits per heavy atom. The minimum Gasteiger partial charge on any atom is -0.497 e. The van der Waals surface area contributed by atoms with Crippen LogP contribution in [0.3, 0.4) is 0 Å². The van der Waals surface area contributed by atoms with E-state index in [4.69, 9.17) is 14.2 Å². The van der Waals surface area contributed by atoms with Crippen LogP contribution in [-0.4, -0.2) is 24.6 Å². The van der Waals surface area contributed by atoms with Gasteiger partial charge in [0, 0.05) is 13.8 Å². The summed E-state index contributed by atoms with van der Waals surface area (Å²) in [5.41, 5.74) is 3.57. The molecule has 0 bridgehead atoms. The molecule has 0 aliphatic carbocycles. The van der Waals surface area contributed by atoms with Crippen molar-refractivity contribution in [1.82, 2.24) is 0 Å². The molecule has 1 aliphatic rings. The lowest BCUT2D eigenvalue weighted by atomic mass is 9.92. The summed E-state index contributed by atoms with van der Waals surface area (Å²) in [5, 5.41) is -0.288. The summed E-state index contributed by atoms with van der Waals surface area (Å²) >= 11 is 1.16. The standard InChI is InChI=1S/C33H38O5S.H2/c1-4-8-26-21-30(38-29-18-16-27(36-3)17-19-29)15-10-24(26)9-6-7-20-37-28-13-11-25(12-14-28)33-32(35)23(5-2)22-31(34)39-33;/h10-19,21,23,33H,4-9,20,22H2,1-3H3;1H. The van der Waals surface area contributed by atoms with Crippen molar-refractivity contribution in [1.29, 1.82) is 0 Å². The molecule has 3 aromatic carbocycles. The van der Waals surface area contributed by atoms with Gasteiger partial charge in [0.2, 0.25) is 0 Å². The average molecular weight is 549 g/mol. The third kappa shape index (κ3) is 7.89. The van der Waals surface area contributed by atoms with Gasteiger partial charge in [0.05, 0.1) is 19.0 Å². The van der Waals surface area contributed by atoms with Crippen LogP contribution in [0.2, 0.25) is 0 Å². The molecule has 4 rings (SSSR count). The first kappa shape index (κ1) is 28.8. The molecule has 1 fully saturated rings. The molecule has 1 aliphatic heterocycles. The first-order valence-electron chi connectivity index (χ1n) is 13.9. The highest BCUT2D eigenvalue weighted by molar-refractivity contribution is 8.14. The predicted molar refractivity (Wildman–Crippen MR) is 159 cm³/mol. The number of unbranched alkanes of at least 4 members (excludes halogenated alkanes) is 1. The van der Waals surface area contributed by atoms with E-state index in [1.165, 1.54) is 11.1 Å². The Hall–Kier alpha value is -3.25. The van der Waals surface area contributed by atoms with Crippen LogP contribution in [0, 0.1) is 5.92 Å². The Morgan fingerprint density at radius 2 is 1.51 bits per heavy atom. The number of ether oxygens (including phenoxy) is 3. The second kappa shape index (κ2) is 14.2. The average Bonchev–Trinajstić information content (AvgIpc) is 2.96. The summed E-state index contributed by atoms with van der Waals surface area (Å²) < 4.78 is 17.3. The number of hydrogen-bond donors (Lipinski definition) is 0. The van der Waals surface area contributed by atoms with Crippen molar-refractivity contribution < 1.29 is 25.2 Å². The van der Waals surface area contributed by atoms with E-state index >= 15 is 0 Å². The molecule has 0 spiro atoms. The van der Waals surface area contributed by atoms with Crippen LogP contribution in [0.15, 0.2) is 66.7 Å². The molecule has 0 aromatic heterocycles. The highest BCUT2D eigenvalue weighted by atomic mass is 32.2. The third-order valence-corrected chi connectivity index (χ3v) is 8.27. The lowest BCUT2D eigenvalue weighted by Crippen LogP contribution is -2.27. The quantitative estimate of drug-likeness (QED) is 0.200. The van der Waals surface area contributed by atoms with Gasteiger partial charge < -0.3 is 14.2 Å². The van der Waals surface area contributed by atoms with Crippen molar-refractivity contribution in [2.75, 3.05) is 13.7 Å². The maximum Gasteiger partial charge on any atom is 0.190 e. The maximum absolute atomic E-state index is 12.7. The first-order valence-corrected chi connectivity index (χ1v) is 14.8. The lowest BCUT2D eigenvalue weighted by Gasteiger charge is -2.25. The Morgan fingerprint density at radius 3 is 2.21 bits per heavy atom. The van der Waals surface area contributed by atoms with E-state index in [1.807, 2.05) is 61.5 Å². The monoisotopic (exact) mass is 548 g/mol. The van der Waals surface area contributed by atoms with Gasteiger partial charge in [-0.2, -0.15) is 0 Å². The Kier molecular flexibility index (Phi) is 10.5. The highest BCUT2D eigenvalue weighted by Crippen LogP contribution is 2.40. The first-order chi connectivity index (χ1) is 19.0. The molecular formula is C33H40O5S. The smallest absolute Gasteiger partial charge is 0.190 e. The van der Waals surface area contributed by atoms with Crippen molar-refractivity contribution in [3.05, 3.63) is 83.4 Å². The zero-order valence-electron chi connectivity index (χ0n) is 23.1. The van der Waals surface area contributed by atoms with Crippen molar-refractivity contribution in [2.45, 2.75) is 64.0 Å². The molecule has 2 atom stereocenters. The van der Waals surface area contributed by atoms with E-state index in [0.29, 0.717) is 19.4 Å². The predicted octanol–water partition coefficient (Wildman–Crippen LogP) is 8.39. The molecule has 6 heteroatoms. The van der Waals surface area contributed by atoms with Crippen LogP contribution < -0.4 is 14.2 Å². The van der Waals surface area contributed by atoms with Gasteiger partial charge >= 0.3 is 0 Å². The fourth-order valence-electron chi connectivity index (χ4n) is 4.87. The number of benzene rings is 3. The molecule has 1 saturated heterocycles. The van der Waals surface area contributed by atoms with E-state index in [1.54, 1.807) is 7.11 Å². The number of ketones is 1. The molecule has 208 valence electrons. The molecule has 0 radical (unpaired) electrons. The van der Waals surface area contributed by atoms with Gasteiger partial charge in [-0.15, -0.1) is 0 Å². The van der Waals surface area contributed by atoms with Crippen molar-refractivity contribution in [3.8, 4) is 23.0 Å². The second-order valence-electron chi connectivity index (χ2n) is 9.91. The van der Waals surface area contributed by atoms with Crippen LogP contribution in [0.5, 0.6) is 23.0 Å². The second-order valence-corrected chi connectivity index (χ2v) is 11.1. The van der Waals surface area contributed by atoms with Gasteiger partial charge in [-0.25, -0.2) is 0 Å². The van der Waals surface area contributed by atoms with E-state index in [2.05, 4.69) is 19.1 Å². The minimum absolute atomic E-state index is 0. The summed E-state index contributed by atoms with van der Waals surface area (Å²) in [6, 6.07) is 21.7. The summed E-state index contributed by atoms with van der Waals surface area (Å²) in [7, 11) is 1.65. The van der Waals surface area contributed by atoms with Crippen LogP contribution in [-0.2, 0) is 22.4 Å². The molecule has 5 nitrogen and oxygen atoms in total. The molecule has 1 heterocycles. The number of carbonyl (C=O) groups excluding carboxylic acids is 2. The number of hydrogen-bond acceptors (Lipinski definition) is 6. The molecular weight excluding hydrogens is 508 g/mol. The van der Waals surface area contributed by atoms with E-state index in [9.17, 15) is 9.59 Å². The SMILES string of the molecule is CCCc1cc(Oc2ccc(OC)cc2)ccc1CCCCOc1ccc(C2SC(=O)CC(CC)C2=O)cc1.[HH]. The molecule has 0 amide bonds. The number of carbonyl (C=O) groups is 2. The normalized spacial score (nSPS) is 17.2. The van der Waals surface area contributed by atoms with Gasteiger partial charge in [0.1, 0.15) is 23.0 Å². The van der Waals surface area contributed by atoms with Gasteiger partial charge in [-0.1, -0.05) is 50.2 Å². The summed E-state index contributed by atoms with van der Waals surface area (Å²) in [5.74, 6) is 3.24. The third-order valence-electron chi connectivity index (χ3n) is 7.10. The van der Waals surface area contributed by atoms with Gasteiger partial charge in [0.15, 0.2) is 10.9 Å². The van der Waals surface area contributed by atoms with Crippen LogP contribution in [0.25, 0.3) is 0 Å². The zero-order chi connectivity index (χ0) is 27.6. The van der Waals surface area contributed by atoms with Crippen molar-refractivity contribution >= 4 is 22.7 Å². The van der Waals surface area contributed by atoms with E-state index in [0.717, 1.165) is 72.4 Å². The minimum atomic E-state index is -0.393. The van der Waals surface area contributed by atoms with Crippen molar-refractivity contribution in [3.63, 3.8) is 0 Å². The topological polar surface area (TPSA) is 61.8 Å². The number of rotatable bonds is 13. The molecule has 2 unspecified atom stereocenters. The van der Waals surface area contributed by atoms with Gasteiger partial charge in [0.25, 0.3) is 0 Å². The number of Topliss-reactive ketones (excluding diaryl/α,β-unsaturated/α-hetero) is 1. The molecule has 39 heavy (non-hydrogen) atoms. The van der Waals surface area contributed by atoms with Crippen LogP contribution in [0.1, 0.15) is 69.3 Å². The lowest BCUT2D eigenvalue weighted by molar-refractivity contribution is -0.126. The fourth-order valence-corrected chi connectivity index (χ4v) is 6.03.